The second-order valence-corrected chi connectivity index (χ2v) is 5.36. The molecule has 2 aromatic heterocycles. The third-order valence-electron chi connectivity index (χ3n) is 3.05. The number of carbonyl (C=O) groups is 1. The molecule has 0 spiro atoms. The number of pyridine rings is 1. The van der Waals surface area contributed by atoms with Crippen LogP contribution in [0.3, 0.4) is 0 Å². The molecule has 1 aromatic carbocycles. The van der Waals surface area contributed by atoms with Crippen molar-refractivity contribution in [2.24, 2.45) is 5.73 Å². The van der Waals surface area contributed by atoms with Crippen LogP contribution in [0.15, 0.2) is 47.1 Å². The van der Waals surface area contributed by atoms with Crippen LogP contribution < -0.4 is 5.73 Å². The van der Waals surface area contributed by atoms with E-state index < -0.39 is 5.91 Å². The van der Waals surface area contributed by atoms with Gasteiger partial charge in [0, 0.05) is 21.6 Å². The fourth-order valence-electron chi connectivity index (χ4n) is 2.07. The standard InChI is InChI=1S/C15H11BrN4O/c16-10-4-1-3-9(7-10)12(14(17)21)8-13-11-5-2-6-18-15(11)20-19-13/h1-8H,(H2,17,21)(H,18,19,20)/b12-8+. The van der Waals surface area contributed by atoms with E-state index in [9.17, 15) is 4.79 Å². The van der Waals surface area contributed by atoms with Crippen LogP contribution in [0.4, 0.5) is 0 Å². The summed E-state index contributed by atoms with van der Waals surface area (Å²) in [5.74, 6) is -0.506. The molecule has 0 saturated carbocycles. The Morgan fingerprint density at radius 1 is 1.29 bits per heavy atom. The number of hydrogen-bond donors (Lipinski definition) is 2. The Morgan fingerprint density at radius 3 is 2.90 bits per heavy atom. The van der Waals surface area contributed by atoms with Crippen LogP contribution in [0, 0.1) is 0 Å². The normalized spacial score (nSPS) is 11.8. The van der Waals surface area contributed by atoms with E-state index in [0.29, 0.717) is 16.9 Å². The number of fused-ring (bicyclic) bond motifs is 1. The van der Waals surface area contributed by atoms with Gasteiger partial charge < -0.3 is 5.73 Å². The minimum atomic E-state index is -0.506. The Morgan fingerprint density at radius 2 is 2.14 bits per heavy atom. The number of halogens is 1. The van der Waals surface area contributed by atoms with E-state index in [2.05, 4.69) is 31.1 Å². The van der Waals surface area contributed by atoms with Crippen LogP contribution in [0.1, 0.15) is 11.3 Å². The zero-order valence-electron chi connectivity index (χ0n) is 10.9. The van der Waals surface area contributed by atoms with Crippen molar-refractivity contribution in [3.8, 4) is 0 Å². The molecule has 5 nitrogen and oxygen atoms in total. The smallest absolute Gasteiger partial charge is 0.249 e. The molecule has 3 N–H and O–H groups in total. The molecule has 0 bridgehead atoms. The van der Waals surface area contributed by atoms with E-state index in [1.54, 1.807) is 12.3 Å². The lowest BCUT2D eigenvalue weighted by atomic mass is 10.0. The second-order valence-electron chi connectivity index (χ2n) is 4.44. The Labute approximate surface area is 129 Å². The third kappa shape index (κ3) is 2.71. The topological polar surface area (TPSA) is 84.7 Å². The largest absolute Gasteiger partial charge is 0.366 e. The fourth-order valence-corrected chi connectivity index (χ4v) is 2.47. The summed E-state index contributed by atoms with van der Waals surface area (Å²) in [6.07, 6.45) is 3.35. The first-order valence-electron chi connectivity index (χ1n) is 6.21. The number of benzene rings is 1. The predicted molar refractivity (Wildman–Crippen MR) is 85.1 cm³/mol. The monoisotopic (exact) mass is 342 g/mol. The summed E-state index contributed by atoms with van der Waals surface area (Å²) < 4.78 is 0.876. The molecule has 21 heavy (non-hydrogen) atoms. The molecule has 3 rings (SSSR count). The molecule has 0 fully saturated rings. The zero-order chi connectivity index (χ0) is 14.8. The number of carbonyl (C=O) groups excluding carboxylic acids is 1. The van der Waals surface area contributed by atoms with E-state index in [-0.39, 0.29) is 0 Å². The maximum atomic E-state index is 11.8. The maximum Gasteiger partial charge on any atom is 0.249 e. The van der Waals surface area contributed by atoms with E-state index in [4.69, 9.17) is 5.73 Å². The van der Waals surface area contributed by atoms with Gasteiger partial charge in [-0.3, -0.25) is 9.89 Å². The lowest BCUT2D eigenvalue weighted by molar-refractivity contribution is -0.112. The molecule has 0 unspecified atom stereocenters. The van der Waals surface area contributed by atoms with Gasteiger partial charge in [-0.05, 0) is 35.9 Å². The number of aromatic nitrogens is 3. The zero-order valence-corrected chi connectivity index (χ0v) is 12.5. The van der Waals surface area contributed by atoms with Gasteiger partial charge in [0.1, 0.15) is 0 Å². The Kier molecular flexibility index (Phi) is 3.53. The molecule has 0 aliphatic heterocycles. The van der Waals surface area contributed by atoms with Crippen molar-refractivity contribution in [2.75, 3.05) is 0 Å². The molecular weight excluding hydrogens is 332 g/mol. The van der Waals surface area contributed by atoms with Crippen molar-refractivity contribution >= 4 is 44.5 Å². The summed E-state index contributed by atoms with van der Waals surface area (Å²) in [6.45, 7) is 0. The summed E-state index contributed by atoms with van der Waals surface area (Å²) >= 11 is 3.39. The van der Waals surface area contributed by atoms with Crippen molar-refractivity contribution in [1.82, 2.24) is 15.2 Å². The molecule has 6 heteroatoms. The summed E-state index contributed by atoms with van der Waals surface area (Å²) in [5.41, 5.74) is 7.93. The summed E-state index contributed by atoms with van der Waals surface area (Å²) in [6, 6.07) is 11.1. The van der Waals surface area contributed by atoms with Crippen LogP contribution in [0.5, 0.6) is 0 Å². The first-order valence-corrected chi connectivity index (χ1v) is 7.01. The third-order valence-corrected chi connectivity index (χ3v) is 3.54. The Bertz CT molecular complexity index is 854. The highest BCUT2D eigenvalue weighted by Crippen LogP contribution is 2.23. The molecule has 0 atom stereocenters. The second kappa shape index (κ2) is 5.49. The van der Waals surface area contributed by atoms with Gasteiger partial charge >= 0.3 is 0 Å². The van der Waals surface area contributed by atoms with Crippen LogP contribution in [0.2, 0.25) is 0 Å². The number of H-pyrrole nitrogens is 1. The summed E-state index contributed by atoms with van der Waals surface area (Å²) in [4.78, 5) is 15.9. The van der Waals surface area contributed by atoms with Gasteiger partial charge in [0.05, 0.1) is 5.69 Å². The number of primary amides is 1. The molecule has 0 aliphatic carbocycles. The lowest BCUT2D eigenvalue weighted by Gasteiger charge is -2.04. The average molecular weight is 343 g/mol. The van der Waals surface area contributed by atoms with Gasteiger partial charge in [0.25, 0.3) is 0 Å². The molecule has 3 aromatic rings. The first kappa shape index (κ1) is 13.5. The van der Waals surface area contributed by atoms with Crippen molar-refractivity contribution in [3.63, 3.8) is 0 Å². The van der Waals surface area contributed by atoms with Gasteiger partial charge in [0.2, 0.25) is 5.91 Å². The van der Waals surface area contributed by atoms with Gasteiger partial charge in [0.15, 0.2) is 5.65 Å². The highest BCUT2D eigenvalue weighted by atomic mass is 79.9. The van der Waals surface area contributed by atoms with Crippen LogP contribution >= 0.6 is 15.9 Å². The van der Waals surface area contributed by atoms with Crippen molar-refractivity contribution in [1.29, 1.82) is 0 Å². The minimum Gasteiger partial charge on any atom is -0.366 e. The number of aromatic amines is 1. The molecule has 0 aliphatic rings. The number of nitrogens with one attached hydrogen (secondary N) is 1. The quantitative estimate of drug-likeness (QED) is 0.717. The highest BCUT2D eigenvalue weighted by Gasteiger charge is 2.11. The molecule has 0 radical (unpaired) electrons. The van der Waals surface area contributed by atoms with Crippen molar-refractivity contribution in [2.45, 2.75) is 0 Å². The van der Waals surface area contributed by atoms with Crippen LogP contribution in [-0.2, 0) is 4.79 Å². The number of rotatable bonds is 3. The molecule has 1 amide bonds. The predicted octanol–water partition coefficient (Wildman–Crippen LogP) is 2.75. The molecular formula is C15H11BrN4O. The number of nitrogens with zero attached hydrogens (tertiary/aromatic N) is 2. The minimum absolute atomic E-state index is 0.397. The van der Waals surface area contributed by atoms with Crippen molar-refractivity contribution in [3.05, 3.63) is 58.3 Å². The van der Waals surface area contributed by atoms with Crippen LogP contribution in [-0.4, -0.2) is 21.1 Å². The summed E-state index contributed by atoms with van der Waals surface area (Å²) in [7, 11) is 0. The molecule has 0 saturated heterocycles. The summed E-state index contributed by atoms with van der Waals surface area (Å²) in [5, 5.41) is 7.85. The Hall–Kier alpha value is -2.47. The van der Waals surface area contributed by atoms with E-state index in [1.807, 2.05) is 36.4 Å². The number of hydrogen-bond acceptors (Lipinski definition) is 3. The van der Waals surface area contributed by atoms with E-state index >= 15 is 0 Å². The van der Waals surface area contributed by atoms with Crippen molar-refractivity contribution < 1.29 is 4.79 Å². The molecule has 2 heterocycles. The maximum absolute atomic E-state index is 11.8. The fraction of sp³-hybridized carbons (Fsp3) is 0. The van der Waals surface area contributed by atoms with E-state index in [1.165, 1.54) is 0 Å². The van der Waals surface area contributed by atoms with Gasteiger partial charge in [-0.1, -0.05) is 28.1 Å². The van der Waals surface area contributed by atoms with E-state index in [0.717, 1.165) is 15.4 Å². The highest BCUT2D eigenvalue weighted by molar-refractivity contribution is 9.10. The average Bonchev–Trinajstić information content (AvgIpc) is 2.87. The van der Waals surface area contributed by atoms with Gasteiger partial charge in [-0.25, -0.2) is 4.98 Å². The molecule has 104 valence electrons. The Balaban J connectivity index is 2.15. The number of amides is 1. The number of nitrogens with two attached hydrogens (primary N) is 1. The van der Waals surface area contributed by atoms with Gasteiger partial charge in [-0.2, -0.15) is 5.10 Å². The SMILES string of the molecule is NC(=O)/C(=C/c1n[nH]c2ncccc12)c1cccc(Br)c1. The first-order chi connectivity index (χ1) is 10.1. The van der Waals surface area contributed by atoms with Gasteiger partial charge in [-0.15, -0.1) is 0 Å². The van der Waals surface area contributed by atoms with Crippen LogP contribution in [0.25, 0.3) is 22.7 Å². The lowest BCUT2D eigenvalue weighted by Crippen LogP contribution is -2.12.